The van der Waals surface area contributed by atoms with Crippen molar-refractivity contribution < 1.29 is 9.60 Å². The first-order valence-electron chi connectivity index (χ1n) is 3.46. The third-order valence-corrected chi connectivity index (χ3v) is 1.94. The standard InChI is InChI=1S/C8H9ClFNO/c1-5-2-7(9)8(10)3-6(5)4-11-12/h2-3,11-12H,4H2,1H3. The lowest BCUT2D eigenvalue weighted by molar-refractivity contribution is 0.161. The maximum absolute atomic E-state index is 12.8. The maximum atomic E-state index is 12.8. The molecule has 0 radical (unpaired) electrons. The summed E-state index contributed by atoms with van der Waals surface area (Å²) >= 11 is 5.53. The Labute approximate surface area is 74.9 Å². The van der Waals surface area contributed by atoms with Crippen LogP contribution in [0.15, 0.2) is 12.1 Å². The summed E-state index contributed by atoms with van der Waals surface area (Å²) in [6.45, 7) is 2.03. The van der Waals surface area contributed by atoms with E-state index >= 15 is 0 Å². The van der Waals surface area contributed by atoms with Gasteiger partial charge in [-0.15, -0.1) is 0 Å². The fourth-order valence-corrected chi connectivity index (χ4v) is 1.18. The van der Waals surface area contributed by atoms with Crippen LogP contribution < -0.4 is 5.48 Å². The smallest absolute Gasteiger partial charge is 0.142 e. The van der Waals surface area contributed by atoms with Gasteiger partial charge in [-0.25, -0.2) is 9.87 Å². The van der Waals surface area contributed by atoms with Crippen molar-refractivity contribution in [3.63, 3.8) is 0 Å². The van der Waals surface area contributed by atoms with E-state index in [4.69, 9.17) is 16.8 Å². The van der Waals surface area contributed by atoms with E-state index in [1.165, 1.54) is 12.1 Å². The molecular weight excluding hydrogens is 181 g/mol. The predicted octanol–water partition coefficient (Wildman–Crippen LogP) is 2.27. The molecule has 4 heteroatoms. The number of nitrogens with one attached hydrogen (secondary N) is 1. The van der Waals surface area contributed by atoms with Gasteiger partial charge in [-0.05, 0) is 30.2 Å². The molecule has 1 aromatic rings. The van der Waals surface area contributed by atoms with Gasteiger partial charge in [0.1, 0.15) is 5.82 Å². The van der Waals surface area contributed by atoms with Crippen molar-refractivity contribution in [1.82, 2.24) is 5.48 Å². The van der Waals surface area contributed by atoms with E-state index in [0.29, 0.717) is 5.56 Å². The average Bonchev–Trinajstić information content (AvgIpc) is 2.01. The largest absolute Gasteiger partial charge is 0.316 e. The molecule has 2 N–H and O–H groups in total. The summed E-state index contributed by atoms with van der Waals surface area (Å²) in [7, 11) is 0. The zero-order chi connectivity index (χ0) is 9.14. The summed E-state index contributed by atoms with van der Waals surface area (Å²) in [5.41, 5.74) is 3.51. The minimum Gasteiger partial charge on any atom is -0.316 e. The van der Waals surface area contributed by atoms with Crippen LogP contribution in [-0.4, -0.2) is 5.21 Å². The highest BCUT2D eigenvalue weighted by molar-refractivity contribution is 6.30. The van der Waals surface area contributed by atoms with E-state index in [1.807, 2.05) is 5.48 Å². The van der Waals surface area contributed by atoms with E-state index < -0.39 is 5.82 Å². The Morgan fingerprint density at radius 2 is 2.25 bits per heavy atom. The number of rotatable bonds is 2. The van der Waals surface area contributed by atoms with Gasteiger partial charge in [0.15, 0.2) is 0 Å². The quantitative estimate of drug-likeness (QED) is 0.700. The molecule has 0 spiro atoms. The van der Waals surface area contributed by atoms with Crippen molar-refractivity contribution in [2.24, 2.45) is 0 Å². The molecule has 0 aliphatic heterocycles. The van der Waals surface area contributed by atoms with Gasteiger partial charge in [-0.2, -0.15) is 0 Å². The molecule has 0 heterocycles. The molecule has 66 valence electrons. The Bertz CT molecular complexity index is 291. The SMILES string of the molecule is Cc1cc(Cl)c(F)cc1CNO. The van der Waals surface area contributed by atoms with Crippen LogP contribution in [0.4, 0.5) is 4.39 Å². The maximum Gasteiger partial charge on any atom is 0.142 e. The Kier molecular flexibility index (Phi) is 3.03. The lowest BCUT2D eigenvalue weighted by atomic mass is 10.1. The predicted molar refractivity (Wildman–Crippen MR) is 44.8 cm³/mol. The highest BCUT2D eigenvalue weighted by atomic mass is 35.5. The molecule has 0 unspecified atom stereocenters. The zero-order valence-corrected chi connectivity index (χ0v) is 7.32. The van der Waals surface area contributed by atoms with Crippen molar-refractivity contribution in [3.05, 3.63) is 34.1 Å². The molecule has 0 aliphatic rings. The van der Waals surface area contributed by atoms with E-state index in [0.717, 1.165) is 5.56 Å². The lowest BCUT2D eigenvalue weighted by Gasteiger charge is -2.05. The monoisotopic (exact) mass is 189 g/mol. The second-order valence-corrected chi connectivity index (χ2v) is 2.93. The molecular formula is C8H9ClFNO. The summed E-state index contributed by atoms with van der Waals surface area (Å²) < 4.78 is 12.8. The zero-order valence-electron chi connectivity index (χ0n) is 6.56. The van der Waals surface area contributed by atoms with Crippen molar-refractivity contribution in [1.29, 1.82) is 0 Å². The molecule has 2 nitrogen and oxygen atoms in total. The van der Waals surface area contributed by atoms with Gasteiger partial charge in [-0.1, -0.05) is 11.6 Å². The van der Waals surface area contributed by atoms with Gasteiger partial charge >= 0.3 is 0 Å². The van der Waals surface area contributed by atoms with Gasteiger partial charge in [0.05, 0.1) is 5.02 Å². The summed E-state index contributed by atoms with van der Waals surface area (Å²) in [4.78, 5) is 0. The van der Waals surface area contributed by atoms with Crippen LogP contribution in [0.2, 0.25) is 5.02 Å². The summed E-state index contributed by atoms with van der Waals surface area (Å²) in [5.74, 6) is -0.465. The van der Waals surface area contributed by atoms with Crippen LogP contribution in [0, 0.1) is 12.7 Å². The number of hydrogen-bond donors (Lipinski definition) is 2. The highest BCUT2D eigenvalue weighted by Crippen LogP contribution is 2.19. The molecule has 0 saturated carbocycles. The first kappa shape index (κ1) is 9.45. The Hall–Kier alpha value is -0.640. The van der Waals surface area contributed by atoms with Crippen LogP contribution in [0.25, 0.3) is 0 Å². The molecule has 1 aromatic carbocycles. The van der Waals surface area contributed by atoms with Crippen molar-refractivity contribution in [2.45, 2.75) is 13.5 Å². The molecule has 12 heavy (non-hydrogen) atoms. The lowest BCUT2D eigenvalue weighted by Crippen LogP contribution is -2.07. The molecule has 0 atom stereocenters. The molecule has 0 aliphatic carbocycles. The van der Waals surface area contributed by atoms with E-state index in [1.54, 1.807) is 6.92 Å². The van der Waals surface area contributed by atoms with Crippen LogP contribution in [0.5, 0.6) is 0 Å². The molecule has 0 fully saturated rings. The summed E-state index contributed by atoms with van der Waals surface area (Å²) in [6, 6.07) is 2.84. The summed E-state index contributed by atoms with van der Waals surface area (Å²) in [5, 5.41) is 8.50. The fourth-order valence-electron chi connectivity index (χ4n) is 0.963. The minimum atomic E-state index is -0.465. The number of aryl methyl sites for hydroxylation is 1. The van der Waals surface area contributed by atoms with Gasteiger partial charge < -0.3 is 5.21 Å². The Balaban J connectivity index is 3.05. The third kappa shape index (κ3) is 1.94. The minimum absolute atomic E-state index is 0.106. The van der Waals surface area contributed by atoms with Crippen LogP contribution in [-0.2, 0) is 6.54 Å². The fraction of sp³-hybridized carbons (Fsp3) is 0.250. The Morgan fingerprint density at radius 3 is 2.83 bits per heavy atom. The van der Waals surface area contributed by atoms with Gasteiger partial charge in [0, 0.05) is 6.54 Å². The third-order valence-electron chi connectivity index (χ3n) is 1.65. The van der Waals surface area contributed by atoms with E-state index in [2.05, 4.69) is 0 Å². The first-order valence-corrected chi connectivity index (χ1v) is 3.84. The van der Waals surface area contributed by atoms with Crippen LogP contribution >= 0.6 is 11.6 Å². The summed E-state index contributed by atoms with van der Waals surface area (Å²) in [6.07, 6.45) is 0. The van der Waals surface area contributed by atoms with Gasteiger partial charge in [0.25, 0.3) is 0 Å². The van der Waals surface area contributed by atoms with Crippen molar-refractivity contribution >= 4 is 11.6 Å². The van der Waals surface area contributed by atoms with Gasteiger partial charge in [0.2, 0.25) is 0 Å². The average molecular weight is 190 g/mol. The van der Waals surface area contributed by atoms with E-state index in [-0.39, 0.29) is 11.6 Å². The van der Waals surface area contributed by atoms with Gasteiger partial charge in [-0.3, -0.25) is 0 Å². The number of halogens is 2. The van der Waals surface area contributed by atoms with Crippen LogP contribution in [0.1, 0.15) is 11.1 Å². The number of hydroxylamine groups is 1. The number of hydrogen-bond acceptors (Lipinski definition) is 2. The topological polar surface area (TPSA) is 32.3 Å². The molecule has 0 amide bonds. The van der Waals surface area contributed by atoms with Crippen molar-refractivity contribution in [3.8, 4) is 0 Å². The first-order chi connectivity index (χ1) is 5.65. The van der Waals surface area contributed by atoms with Crippen LogP contribution in [0.3, 0.4) is 0 Å². The normalized spacial score (nSPS) is 10.3. The molecule has 0 aromatic heterocycles. The second-order valence-electron chi connectivity index (χ2n) is 2.53. The second kappa shape index (κ2) is 3.85. The van der Waals surface area contributed by atoms with E-state index in [9.17, 15) is 4.39 Å². The molecule has 0 saturated heterocycles. The van der Waals surface area contributed by atoms with Crippen molar-refractivity contribution in [2.75, 3.05) is 0 Å². The Morgan fingerprint density at radius 1 is 1.58 bits per heavy atom. The molecule has 0 bridgehead atoms. The highest BCUT2D eigenvalue weighted by Gasteiger charge is 2.04. The molecule has 1 rings (SSSR count). The number of benzene rings is 1.